The molecule has 1 aromatic carbocycles. The normalized spacial score (nSPS) is 21.4. The highest BCUT2D eigenvalue weighted by Crippen LogP contribution is 2.40. The van der Waals surface area contributed by atoms with Crippen LogP contribution in [-0.4, -0.2) is 54.0 Å². The molecule has 1 saturated heterocycles. The number of aliphatic hydroxyl groups is 1. The third-order valence-electron chi connectivity index (χ3n) is 5.37. The minimum absolute atomic E-state index is 0.0475. The highest BCUT2D eigenvalue weighted by molar-refractivity contribution is 7.12. The van der Waals surface area contributed by atoms with Gasteiger partial charge < -0.3 is 19.5 Å². The third kappa shape index (κ3) is 3.64. The van der Waals surface area contributed by atoms with Gasteiger partial charge in [0.15, 0.2) is 5.76 Å². The maximum atomic E-state index is 13.2. The van der Waals surface area contributed by atoms with Crippen molar-refractivity contribution in [1.29, 1.82) is 0 Å². The van der Waals surface area contributed by atoms with E-state index in [0.717, 1.165) is 12.8 Å². The summed E-state index contributed by atoms with van der Waals surface area (Å²) >= 11 is 1.25. The average molecular weight is 427 g/mol. The van der Waals surface area contributed by atoms with E-state index in [1.807, 2.05) is 0 Å². The molecule has 4 rings (SSSR count). The highest BCUT2D eigenvalue weighted by Gasteiger charge is 2.45. The maximum Gasteiger partial charge on any atom is 0.337 e. The summed E-state index contributed by atoms with van der Waals surface area (Å²) in [7, 11) is 1.30. The molecule has 1 aromatic heterocycles. The number of aliphatic hydroxyl groups excluding tert-OH is 1. The Kier molecular flexibility index (Phi) is 5.69. The first-order valence-electron chi connectivity index (χ1n) is 9.63. The van der Waals surface area contributed by atoms with Crippen molar-refractivity contribution < 1.29 is 29.0 Å². The summed E-state index contributed by atoms with van der Waals surface area (Å²) in [5, 5.41) is 12.4. The minimum atomic E-state index is -0.761. The lowest BCUT2D eigenvalue weighted by molar-refractivity contribution is -0.131. The van der Waals surface area contributed by atoms with E-state index in [2.05, 4.69) is 0 Å². The number of nitrogens with zero attached hydrogens (tertiary/aromatic N) is 1. The van der Waals surface area contributed by atoms with Crippen molar-refractivity contribution in [3.05, 3.63) is 69.1 Å². The maximum absolute atomic E-state index is 13.2. The van der Waals surface area contributed by atoms with E-state index in [-0.39, 0.29) is 24.0 Å². The van der Waals surface area contributed by atoms with Crippen molar-refractivity contribution in [1.82, 2.24) is 4.90 Å². The first-order valence-corrected chi connectivity index (χ1v) is 10.5. The van der Waals surface area contributed by atoms with Gasteiger partial charge >= 0.3 is 5.97 Å². The van der Waals surface area contributed by atoms with Crippen molar-refractivity contribution in [3.8, 4) is 0 Å². The fraction of sp³-hybridized carbons (Fsp3) is 0.318. The Morgan fingerprint density at radius 1 is 1.27 bits per heavy atom. The molecule has 2 atom stereocenters. The van der Waals surface area contributed by atoms with Crippen molar-refractivity contribution in [2.75, 3.05) is 20.3 Å². The number of amides is 1. The Balaban J connectivity index is 1.73. The first kappa shape index (κ1) is 20.3. The SMILES string of the molecule is COC(=O)c1ccc([C@H]2C(C(=O)c3cccs3)=C(O)C(=O)N2C[C@H]2CCCO2)cc1. The molecule has 0 radical (unpaired) electrons. The first-order chi connectivity index (χ1) is 14.5. The standard InChI is InChI=1S/C22H21NO6S/c1-28-22(27)14-8-6-13(7-9-14)18-17(19(24)16-5-3-11-30-16)20(25)21(26)23(18)12-15-4-2-10-29-15/h3,5-9,11,15,18,25H,2,4,10,12H2,1H3/t15-,18+/m1/s1. The summed E-state index contributed by atoms with van der Waals surface area (Å²) in [6.07, 6.45) is 1.58. The lowest BCUT2D eigenvalue weighted by Crippen LogP contribution is -2.37. The molecule has 2 aliphatic heterocycles. The van der Waals surface area contributed by atoms with Crippen molar-refractivity contribution in [2.24, 2.45) is 0 Å². The Bertz CT molecular complexity index is 989. The Morgan fingerprint density at radius 3 is 2.63 bits per heavy atom. The molecule has 3 heterocycles. The molecule has 7 nitrogen and oxygen atoms in total. The number of rotatable bonds is 6. The van der Waals surface area contributed by atoms with Crippen LogP contribution in [0.1, 0.15) is 44.5 Å². The van der Waals surface area contributed by atoms with E-state index in [0.29, 0.717) is 22.6 Å². The molecule has 2 aliphatic rings. The van der Waals surface area contributed by atoms with Gasteiger partial charge in [0.2, 0.25) is 5.78 Å². The van der Waals surface area contributed by atoms with Gasteiger partial charge in [-0.25, -0.2) is 4.79 Å². The fourth-order valence-electron chi connectivity index (χ4n) is 3.89. The third-order valence-corrected chi connectivity index (χ3v) is 6.23. The number of hydrogen-bond acceptors (Lipinski definition) is 7. The number of methoxy groups -OCH3 is 1. The molecule has 2 aromatic rings. The topological polar surface area (TPSA) is 93.1 Å². The Morgan fingerprint density at radius 2 is 2.03 bits per heavy atom. The zero-order valence-electron chi connectivity index (χ0n) is 16.4. The highest BCUT2D eigenvalue weighted by atomic mass is 32.1. The molecule has 0 bridgehead atoms. The second-order valence-electron chi connectivity index (χ2n) is 7.18. The molecule has 1 amide bonds. The number of Topliss-reactive ketones (excluding diaryl/α,β-unsaturated/α-hetero) is 1. The number of ether oxygens (including phenoxy) is 2. The molecule has 0 saturated carbocycles. The summed E-state index contributed by atoms with van der Waals surface area (Å²) < 4.78 is 10.4. The smallest absolute Gasteiger partial charge is 0.337 e. The number of thiophene rings is 1. The zero-order chi connectivity index (χ0) is 21.3. The van der Waals surface area contributed by atoms with Crippen LogP contribution in [0.5, 0.6) is 0 Å². The molecule has 1 fully saturated rings. The van der Waals surface area contributed by atoms with E-state index in [4.69, 9.17) is 9.47 Å². The summed E-state index contributed by atoms with van der Waals surface area (Å²) in [5.41, 5.74) is 1.03. The van der Waals surface area contributed by atoms with Crippen molar-refractivity contribution >= 4 is 29.0 Å². The van der Waals surface area contributed by atoms with Crippen molar-refractivity contribution in [2.45, 2.75) is 25.0 Å². The van der Waals surface area contributed by atoms with Crippen LogP contribution >= 0.6 is 11.3 Å². The zero-order valence-corrected chi connectivity index (χ0v) is 17.2. The van der Waals surface area contributed by atoms with Gasteiger partial charge in [0, 0.05) is 13.2 Å². The van der Waals surface area contributed by atoms with E-state index in [9.17, 15) is 19.5 Å². The van der Waals surface area contributed by atoms with Crippen LogP contribution < -0.4 is 0 Å². The Hall–Kier alpha value is -2.97. The van der Waals surface area contributed by atoms with Crippen LogP contribution in [0.2, 0.25) is 0 Å². The fourth-order valence-corrected chi connectivity index (χ4v) is 4.57. The van der Waals surface area contributed by atoms with Crippen LogP contribution in [-0.2, 0) is 14.3 Å². The predicted molar refractivity (Wildman–Crippen MR) is 110 cm³/mol. The summed E-state index contributed by atoms with van der Waals surface area (Å²) in [4.78, 5) is 39.8. The van der Waals surface area contributed by atoms with E-state index in [1.165, 1.54) is 23.3 Å². The number of carbonyl (C=O) groups excluding carboxylic acids is 3. The lowest BCUT2D eigenvalue weighted by Gasteiger charge is -2.29. The van der Waals surface area contributed by atoms with Gasteiger partial charge in [-0.2, -0.15) is 0 Å². The summed E-state index contributed by atoms with van der Waals surface area (Å²) in [5.74, 6) is -1.98. The van der Waals surface area contributed by atoms with E-state index in [1.54, 1.807) is 41.8 Å². The predicted octanol–water partition coefficient (Wildman–Crippen LogP) is 3.29. The number of benzene rings is 1. The quantitative estimate of drug-likeness (QED) is 0.562. The second-order valence-corrected chi connectivity index (χ2v) is 8.13. The van der Waals surface area contributed by atoms with Crippen LogP contribution in [0, 0.1) is 0 Å². The monoisotopic (exact) mass is 427 g/mol. The Labute approximate surface area is 177 Å². The molecular formula is C22H21NO6S. The molecule has 0 unspecified atom stereocenters. The van der Waals surface area contributed by atoms with Gasteiger partial charge in [-0.3, -0.25) is 9.59 Å². The molecule has 156 valence electrons. The molecule has 0 aliphatic carbocycles. The van der Waals surface area contributed by atoms with Gasteiger partial charge in [0.05, 0.1) is 35.3 Å². The summed E-state index contributed by atoms with van der Waals surface area (Å²) in [6.45, 7) is 0.902. The number of ketones is 1. The molecule has 8 heteroatoms. The van der Waals surface area contributed by atoms with Gasteiger partial charge in [0.1, 0.15) is 0 Å². The van der Waals surface area contributed by atoms with Gasteiger partial charge in [-0.05, 0) is 42.0 Å². The van der Waals surface area contributed by atoms with Gasteiger partial charge in [0.25, 0.3) is 5.91 Å². The number of carbonyl (C=O) groups is 3. The van der Waals surface area contributed by atoms with Crippen LogP contribution in [0.25, 0.3) is 0 Å². The minimum Gasteiger partial charge on any atom is -0.503 e. The largest absolute Gasteiger partial charge is 0.503 e. The average Bonchev–Trinajstić information content (AvgIpc) is 3.52. The van der Waals surface area contributed by atoms with Crippen LogP contribution in [0.3, 0.4) is 0 Å². The summed E-state index contributed by atoms with van der Waals surface area (Å²) in [6, 6.07) is 9.16. The van der Waals surface area contributed by atoms with Crippen molar-refractivity contribution in [3.63, 3.8) is 0 Å². The lowest BCUT2D eigenvalue weighted by atomic mass is 9.94. The number of hydrogen-bond donors (Lipinski definition) is 1. The molecule has 1 N–H and O–H groups in total. The van der Waals surface area contributed by atoms with E-state index < -0.39 is 23.7 Å². The second kappa shape index (κ2) is 8.41. The van der Waals surface area contributed by atoms with Gasteiger partial charge in [-0.15, -0.1) is 11.3 Å². The molecular weight excluding hydrogens is 406 g/mol. The molecule has 0 spiro atoms. The van der Waals surface area contributed by atoms with E-state index >= 15 is 0 Å². The van der Waals surface area contributed by atoms with Crippen LogP contribution in [0.15, 0.2) is 53.1 Å². The number of esters is 1. The van der Waals surface area contributed by atoms with Gasteiger partial charge in [-0.1, -0.05) is 18.2 Å². The van der Waals surface area contributed by atoms with Crippen LogP contribution in [0.4, 0.5) is 0 Å². The molecule has 30 heavy (non-hydrogen) atoms.